The Balaban J connectivity index is 3.92. The summed E-state index contributed by atoms with van der Waals surface area (Å²) in [6.45, 7) is 6.23. The van der Waals surface area contributed by atoms with Crippen molar-refractivity contribution in [2.75, 3.05) is 6.54 Å². The molecule has 0 aromatic carbocycles. The fourth-order valence-electron chi connectivity index (χ4n) is 1.50. The van der Waals surface area contributed by atoms with Crippen molar-refractivity contribution in [2.24, 2.45) is 11.8 Å². The zero-order chi connectivity index (χ0) is 12.6. The topological polar surface area (TPSA) is 66.4 Å². The molecular weight excluding hydrogens is 206 g/mol. The summed E-state index contributed by atoms with van der Waals surface area (Å²) < 4.78 is 0. The number of carbonyl (C=O) groups excluding carboxylic acids is 1. The van der Waals surface area contributed by atoms with E-state index in [1.54, 1.807) is 0 Å². The highest BCUT2D eigenvalue weighted by molar-refractivity contribution is 5.77. The molecule has 0 saturated carbocycles. The van der Waals surface area contributed by atoms with Gasteiger partial charge in [-0.05, 0) is 18.8 Å². The molecule has 0 spiro atoms. The quantitative estimate of drug-likeness (QED) is 0.669. The van der Waals surface area contributed by atoms with Crippen LogP contribution in [0, 0.1) is 11.8 Å². The Hall–Kier alpha value is -1.06. The highest BCUT2D eigenvalue weighted by atomic mass is 16.4. The molecule has 4 nitrogen and oxygen atoms in total. The molecule has 1 unspecified atom stereocenters. The molecule has 1 atom stereocenters. The molecule has 1 amide bonds. The van der Waals surface area contributed by atoms with Crippen LogP contribution in [0.25, 0.3) is 0 Å². The molecule has 4 heteroatoms. The van der Waals surface area contributed by atoms with Gasteiger partial charge in [0.05, 0.1) is 5.92 Å². The van der Waals surface area contributed by atoms with Crippen molar-refractivity contribution >= 4 is 11.9 Å². The lowest BCUT2D eigenvalue weighted by Gasteiger charge is -2.15. The van der Waals surface area contributed by atoms with Crippen molar-refractivity contribution in [2.45, 2.75) is 46.5 Å². The molecular formula is C12H23NO3. The van der Waals surface area contributed by atoms with Crippen LogP contribution in [-0.2, 0) is 9.59 Å². The van der Waals surface area contributed by atoms with Crippen molar-refractivity contribution in [1.29, 1.82) is 0 Å². The van der Waals surface area contributed by atoms with Gasteiger partial charge in [0, 0.05) is 13.0 Å². The molecule has 0 aliphatic rings. The summed E-state index contributed by atoms with van der Waals surface area (Å²) in [5.74, 6) is -1.01. The Morgan fingerprint density at radius 2 is 1.94 bits per heavy atom. The molecule has 94 valence electrons. The van der Waals surface area contributed by atoms with Gasteiger partial charge >= 0.3 is 5.97 Å². The maximum atomic E-state index is 11.3. The second-order valence-electron chi connectivity index (χ2n) is 4.57. The maximum absolute atomic E-state index is 11.3. The van der Waals surface area contributed by atoms with Crippen LogP contribution in [0.2, 0.25) is 0 Å². The summed E-state index contributed by atoms with van der Waals surface area (Å²) in [5, 5.41) is 11.6. The fourth-order valence-corrected chi connectivity index (χ4v) is 1.50. The predicted molar refractivity (Wildman–Crippen MR) is 63.1 cm³/mol. The second-order valence-corrected chi connectivity index (χ2v) is 4.57. The number of rotatable bonds is 8. The summed E-state index contributed by atoms with van der Waals surface area (Å²) in [6.07, 6.45) is 2.92. The molecule has 0 bridgehead atoms. The van der Waals surface area contributed by atoms with Crippen molar-refractivity contribution in [3.63, 3.8) is 0 Å². The molecule has 0 aromatic heterocycles. The minimum absolute atomic E-state index is 0.0446. The first-order valence-electron chi connectivity index (χ1n) is 5.96. The van der Waals surface area contributed by atoms with E-state index in [9.17, 15) is 9.59 Å². The average Bonchev–Trinajstić information content (AvgIpc) is 2.20. The van der Waals surface area contributed by atoms with Crippen molar-refractivity contribution in [3.05, 3.63) is 0 Å². The van der Waals surface area contributed by atoms with Crippen LogP contribution in [0.3, 0.4) is 0 Å². The number of amides is 1. The van der Waals surface area contributed by atoms with Gasteiger partial charge in [-0.2, -0.15) is 0 Å². The van der Waals surface area contributed by atoms with Gasteiger partial charge in [-0.3, -0.25) is 9.59 Å². The van der Waals surface area contributed by atoms with Gasteiger partial charge in [0.2, 0.25) is 5.91 Å². The van der Waals surface area contributed by atoms with E-state index in [0.29, 0.717) is 18.8 Å². The lowest BCUT2D eigenvalue weighted by molar-refractivity contribution is -0.142. The van der Waals surface area contributed by atoms with Crippen LogP contribution in [0.1, 0.15) is 46.5 Å². The molecule has 0 saturated heterocycles. The third kappa shape index (κ3) is 7.26. The molecule has 16 heavy (non-hydrogen) atoms. The van der Waals surface area contributed by atoms with E-state index in [4.69, 9.17) is 5.11 Å². The summed E-state index contributed by atoms with van der Waals surface area (Å²) >= 11 is 0. The Labute approximate surface area is 97.4 Å². The SMILES string of the molecule is CCCCC(=O)NCC(CC(C)C)C(=O)O. The van der Waals surface area contributed by atoms with Gasteiger partial charge in [-0.25, -0.2) is 0 Å². The Morgan fingerprint density at radius 3 is 2.38 bits per heavy atom. The van der Waals surface area contributed by atoms with Crippen LogP contribution in [-0.4, -0.2) is 23.5 Å². The van der Waals surface area contributed by atoms with E-state index in [0.717, 1.165) is 12.8 Å². The van der Waals surface area contributed by atoms with Crippen molar-refractivity contribution in [3.8, 4) is 0 Å². The van der Waals surface area contributed by atoms with E-state index in [1.807, 2.05) is 20.8 Å². The predicted octanol–water partition coefficient (Wildman–Crippen LogP) is 2.04. The first kappa shape index (κ1) is 14.9. The lowest BCUT2D eigenvalue weighted by atomic mass is 9.97. The van der Waals surface area contributed by atoms with Crippen molar-refractivity contribution in [1.82, 2.24) is 5.32 Å². The normalized spacial score (nSPS) is 12.5. The molecule has 0 fully saturated rings. The standard InChI is InChI=1S/C12H23NO3/c1-4-5-6-11(14)13-8-10(12(15)16)7-9(2)3/h9-10H,4-8H2,1-3H3,(H,13,14)(H,15,16). The molecule has 0 aliphatic heterocycles. The zero-order valence-corrected chi connectivity index (χ0v) is 10.5. The number of carboxylic acid groups (broad SMARTS) is 1. The van der Waals surface area contributed by atoms with E-state index in [-0.39, 0.29) is 12.5 Å². The highest BCUT2D eigenvalue weighted by Crippen LogP contribution is 2.11. The molecule has 0 aliphatic carbocycles. The molecule has 0 aromatic rings. The third-order valence-electron chi connectivity index (χ3n) is 2.41. The molecule has 2 N–H and O–H groups in total. The minimum atomic E-state index is -0.829. The summed E-state index contributed by atoms with van der Waals surface area (Å²) in [4.78, 5) is 22.2. The maximum Gasteiger partial charge on any atom is 0.308 e. The van der Waals surface area contributed by atoms with Crippen LogP contribution in [0.4, 0.5) is 0 Å². The van der Waals surface area contributed by atoms with Gasteiger partial charge in [0.1, 0.15) is 0 Å². The number of nitrogens with one attached hydrogen (secondary N) is 1. The van der Waals surface area contributed by atoms with Crippen LogP contribution in [0.5, 0.6) is 0 Å². The number of aliphatic carboxylic acids is 1. The number of unbranched alkanes of at least 4 members (excludes halogenated alkanes) is 1. The lowest BCUT2D eigenvalue weighted by Crippen LogP contribution is -2.33. The number of hydrogen-bond donors (Lipinski definition) is 2. The van der Waals surface area contributed by atoms with Gasteiger partial charge < -0.3 is 10.4 Å². The van der Waals surface area contributed by atoms with Gasteiger partial charge in [0.15, 0.2) is 0 Å². The highest BCUT2D eigenvalue weighted by Gasteiger charge is 2.19. The number of carbonyl (C=O) groups is 2. The summed E-state index contributed by atoms with van der Waals surface area (Å²) in [6, 6.07) is 0. The van der Waals surface area contributed by atoms with Crippen LogP contribution in [0.15, 0.2) is 0 Å². The fraction of sp³-hybridized carbons (Fsp3) is 0.833. The Bertz CT molecular complexity index is 226. The summed E-state index contributed by atoms with van der Waals surface area (Å²) in [5.41, 5.74) is 0. The van der Waals surface area contributed by atoms with Gasteiger partial charge in [-0.15, -0.1) is 0 Å². The average molecular weight is 229 g/mol. The Morgan fingerprint density at radius 1 is 1.31 bits per heavy atom. The van der Waals surface area contributed by atoms with Gasteiger partial charge in [0.25, 0.3) is 0 Å². The molecule has 0 rings (SSSR count). The van der Waals surface area contributed by atoms with Crippen LogP contribution < -0.4 is 5.32 Å². The minimum Gasteiger partial charge on any atom is -0.481 e. The Kier molecular flexibility index (Phi) is 7.60. The van der Waals surface area contributed by atoms with E-state index in [2.05, 4.69) is 5.32 Å². The van der Waals surface area contributed by atoms with E-state index in [1.165, 1.54) is 0 Å². The third-order valence-corrected chi connectivity index (χ3v) is 2.41. The number of carboxylic acids is 1. The van der Waals surface area contributed by atoms with E-state index >= 15 is 0 Å². The first-order valence-corrected chi connectivity index (χ1v) is 5.96. The molecule has 0 heterocycles. The van der Waals surface area contributed by atoms with Gasteiger partial charge in [-0.1, -0.05) is 27.2 Å². The smallest absolute Gasteiger partial charge is 0.308 e. The first-order chi connectivity index (χ1) is 7.47. The monoisotopic (exact) mass is 229 g/mol. The zero-order valence-electron chi connectivity index (χ0n) is 10.5. The van der Waals surface area contributed by atoms with Crippen LogP contribution >= 0.6 is 0 Å². The summed E-state index contributed by atoms with van der Waals surface area (Å²) in [7, 11) is 0. The van der Waals surface area contributed by atoms with Crippen molar-refractivity contribution < 1.29 is 14.7 Å². The second kappa shape index (κ2) is 8.13. The largest absolute Gasteiger partial charge is 0.481 e. The van der Waals surface area contributed by atoms with E-state index < -0.39 is 11.9 Å². The molecule has 0 radical (unpaired) electrons. The number of hydrogen-bond acceptors (Lipinski definition) is 2.